The van der Waals surface area contributed by atoms with Crippen molar-refractivity contribution in [3.05, 3.63) is 27.7 Å². The van der Waals surface area contributed by atoms with Gasteiger partial charge in [-0.05, 0) is 37.2 Å². The zero-order valence-corrected chi connectivity index (χ0v) is 9.73. The Balaban J connectivity index is 3.09. The van der Waals surface area contributed by atoms with Crippen LogP contribution in [0.15, 0.2) is 16.6 Å². The van der Waals surface area contributed by atoms with Crippen LogP contribution in [0.25, 0.3) is 0 Å². The van der Waals surface area contributed by atoms with Gasteiger partial charge in [-0.3, -0.25) is 0 Å². The fourth-order valence-electron chi connectivity index (χ4n) is 1.20. The number of rotatable bonds is 3. The highest BCUT2D eigenvalue weighted by atomic mass is 79.9. The third-order valence-corrected chi connectivity index (χ3v) is 2.85. The summed E-state index contributed by atoms with van der Waals surface area (Å²) in [5.41, 5.74) is 2.52. The molecule has 0 aliphatic heterocycles. The van der Waals surface area contributed by atoms with E-state index in [-0.39, 0.29) is 0 Å². The smallest absolute Gasteiger partial charge is 0.120 e. The quantitative estimate of drug-likeness (QED) is 0.881. The first-order valence-electron chi connectivity index (χ1n) is 4.16. The van der Waals surface area contributed by atoms with E-state index in [0.717, 1.165) is 16.8 Å². The molecule has 2 nitrogen and oxygen atoms in total. The van der Waals surface area contributed by atoms with Crippen molar-refractivity contribution in [3.8, 4) is 5.75 Å². The van der Waals surface area contributed by atoms with E-state index in [1.165, 1.54) is 11.1 Å². The molecule has 72 valence electrons. The Morgan fingerprint density at radius 3 is 2.69 bits per heavy atom. The number of hydrogen-bond acceptors (Lipinski definition) is 2. The molecule has 3 heteroatoms. The van der Waals surface area contributed by atoms with Crippen molar-refractivity contribution in [1.82, 2.24) is 5.32 Å². The van der Waals surface area contributed by atoms with Gasteiger partial charge in [0.2, 0.25) is 0 Å². The van der Waals surface area contributed by atoms with Crippen molar-refractivity contribution in [2.24, 2.45) is 0 Å². The normalized spacial score (nSPS) is 10.2. The molecule has 13 heavy (non-hydrogen) atoms. The van der Waals surface area contributed by atoms with E-state index in [2.05, 4.69) is 34.2 Å². The lowest BCUT2D eigenvalue weighted by Gasteiger charge is -2.09. The predicted molar refractivity (Wildman–Crippen MR) is 58.2 cm³/mol. The van der Waals surface area contributed by atoms with Crippen molar-refractivity contribution in [1.29, 1.82) is 0 Å². The predicted octanol–water partition coefficient (Wildman–Crippen LogP) is 2.49. The molecule has 0 heterocycles. The topological polar surface area (TPSA) is 21.3 Å². The van der Waals surface area contributed by atoms with Gasteiger partial charge in [0.15, 0.2) is 0 Å². The molecule has 1 rings (SSSR count). The van der Waals surface area contributed by atoms with Gasteiger partial charge in [-0.1, -0.05) is 15.9 Å². The molecule has 0 aromatic heterocycles. The minimum Gasteiger partial charge on any atom is -0.497 e. The summed E-state index contributed by atoms with van der Waals surface area (Å²) in [6, 6.07) is 4.03. The lowest BCUT2D eigenvalue weighted by Crippen LogP contribution is -2.07. The van der Waals surface area contributed by atoms with Gasteiger partial charge in [0, 0.05) is 11.0 Å². The molecular weight excluding hydrogens is 230 g/mol. The molecule has 0 unspecified atom stereocenters. The second-order valence-corrected chi connectivity index (χ2v) is 3.78. The largest absolute Gasteiger partial charge is 0.497 e. The molecule has 1 N–H and O–H groups in total. The van der Waals surface area contributed by atoms with Gasteiger partial charge in [0.1, 0.15) is 5.75 Å². The van der Waals surface area contributed by atoms with E-state index in [9.17, 15) is 0 Å². The van der Waals surface area contributed by atoms with Crippen LogP contribution < -0.4 is 10.1 Å². The second-order valence-electron chi connectivity index (χ2n) is 2.92. The van der Waals surface area contributed by atoms with Crippen LogP contribution in [0.2, 0.25) is 0 Å². The average molecular weight is 244 g/mol. The standard InChI is InChI=1S/C10H14BrNO/c1-7-8(6-12-2)4-9(13-3)5-10(7)11/h4-5,12H,6H2,1-3H3. The first-order valence-corrected chi connectivity index (χ1v) is 4.96. The molecule has 0 radical (unpaired) electrons. The van der Waals surface area contributed by atoms with Crippen molar-refractivity contribution in [2.75, 3.05) is 14.2 Å². The van der Waals surface area contributed by atoms with E-state index in [1.54, 1.807) is 7.11 Å². The lowest BCUT2D eigenvalue weighted by molar-refractivity contribution is 0.413. The zero-order valence-electron chi connectivity index (χ0n) is 8.15. The van der Waals surface area contributed by atoms with Crippen LogP contribution in [0.4, 0.5) is 0 Å². The Kier molecular flexibility index (Phi) is 3.75. The van der Waals surface area contributed by atoms with Gasteiger partial charge < -0.3 is 10.1 Å². The highest BCUT2D eigenvalue weighted by molar-refractivity contribution is 9.10. The molecule has 0 aliphatic carbocycles. The molecule has 0 spiro atoms. The van der Waals surface area contributed by atoms with Crippen LogP contribution >= 0.6 is 15.9 Å². The summed E-state index contributed by atoms with van der Waals surface area (Å²) in [7, 11) is 3.62. The third kappa shape index (κ3) is 2.45. The number of benzene rings is 1. The van der Waals surface area contributed by atoms with Crippen LogP contribution in [-0.4, -0.2) is 14.2 Å². The maximum Gasteiger partial charge on any atom is 0.120 e. The van der Waals surface area contributed by atoms with E-state index in [4.69, 9.17) is 4.74 Å². The van der Waals surface area contributed by atoms with Crippen molar-refractivity contribution in [3.63, 3.8) is 0 Å². The Morgan fingerprint density at radius 1 is 1.46 bits per heavy atom. The van der Waals surface area contributed by atoms with Gasteiger partial charge in [0.25, 0.3) is 0 Å². The monoisotopic (exact) mass is 243 g/mol. The molecule has 0 saturated carbocycles. The molecule has 0 bridgehead atoms. The van der Waals surface area contributed by atoms with Crippen LogP contribution in [0.3, 0.4) is 0 Å². The summed E-state index contributed by atoms with van der Waals surface area (Å²) in [5.74, 6) is 0.891. The minimum atomic E-state index is 0.863. The van der Waals surface area contributed by atoms with Gasteiger partial charge in [-0.2, -0.15) is 0 Å². The molecule has 0 amide bonds. The van der Waals surface area contributed by atoms with Crippen molar-refractivity contribution >= 4 is 15.9 Å². The minimum absolute atomic E-state index is 0.863. The van der Waals surface area contributed by atoms with Crippen LogP contribution in [0.5, 0.6) is 5.75 Å². The molecular formula is C10H14BrNO. The Bertz CT molecular complexity index is 299. The lowest BCUT2D eigenvalue weighted by atomic mass is 10.1. The molecule has 0 aliphatic rings. The van der Waals surface area contributed by atoms with E-state index in [1.807, 2.05) is 13.1 Å². The second kappa shape index (κ2) is 4.63. The number of hydrogen-bond donors (Lipinski definition) is 1. The summed E-state index contributed by atoms with van der Waals surface area (Å²) < 4.78 is 6.27. The highest BCUT2D eigenvalue weighted by Gasteiger charge is 2.04. The number of nitrogens with one attached hydrogen (secondary N) is 1. The fraction of sp³-hybridized carbons (Fsp3) is 0.400. The zero-order chi connectivity index (χ0) is 9.84. The average Bonchev–Trinajstić information content (AvgIpc) is 2.13. The Labute approximate surface area is 87.4 Å². The summed E-state index contributed by atoms with van der Waals surface area (Å²) >= 11 is 3.50. The Hall–Kier alpha value is -0.540. The highest BCUT2D eigenvalue weighted by Crippen LogP contribution is 2.26. The van der Waals surface area contributed by atoms with E-state index >= 15 is 0 Å². The molecule has 0 atom stereocenters. The maximum atomic E-state index is 5.18. The van der Waals surface area contributed by atoms with Crippen molar-refractivity contribution < 1.29 is 4.74 Å². The summed E-state index contributed by atoms with van der Waals surface area (Å²) in [6.45, 7) is 2.96. The van der Waals surface area contributed by atoms with Gasteiger partial charge in [-0.25, -0.2) is 0 Å². The van der Waals surface area contributed by atoms with Gasteiger partial charge in [-0.15, -0.1) is 0 Å². The molecule has 0 saturated heterocycles. The molecule has 1 aromatic rings. The van der Waals surface area contributed by atoms with E-state index in [0.29, 0.717) is 0 Å². The SMILES string of the molecule is CNCc1cc(OC)cc(Br)c1C. The van der Waals surface area contributed by atoms with Crippen LogP contribution in [0, 0.1) is 6.92 Å². The first kappa shape index (κ1) is 10.5. The van der Waals surface area contributed by atoms with Crippen molar-refractivity contribution in [2.45, 2.75) is 13.5 Å². The first-order chi connectivity index (χ1) is 6.19. The summed E-state index contributed by atoms with van der Waals surface area (Å²) in [4.78, 5) is 0. The summed E-state index contributed by atoms with van der Waals surface area (Å²) in [5, 5.41) is 3.13. The van der Waals surface area contributed by atoms with Crippen LogP contribution in [-0.2, 0) is 6.54 Å². The van der Waals surface area contributed by atoms with Gasteiger partial charge >= 0.3 is 0 Å². The fourth-order valence-corrected chi connectivity index (χ4v) is 1.68. The third-order valence-electron chi connectivity index (χ3n) is 2.03. The molecule has 0 fully saturated rings. The van der Waals surface area contributed by atoms with E-state index < -0.39 is 0 Å². The summed E-state index contributed by atoms with van der Waals surface area (Å²) in [6.07, 6.45) is 0. The maximum absolute atomic E-state index is 5.18. The number of ether oxygens (including phenoxy) is 1. The Morgan fingerprint density at radius 2 is 2.15 bits per heavy atom. The van der Waals surface area contributed by atoms with Gasteiger partial charge in [0.05, 0.1) is 7.11 Å². The van der Waals surface area contributed by atoms with Crippen LogP contribution in [0.1, 0.15) is 11.1 Å². The number of methoxy groups -OCH3 is 1. The molecule has 1 aromatic carbocycles. The number of halogens is 1.